The fraction of sp³-hybridized carbons (Fsp3) is 0.615. The fourth-order valence-electron chi connectivity index (χ4n) is 3.02. The summed E-state index contributed by atoms with van der Waals surface area (Å²) in [4.78, 5) is 15.1. The van der Waals surface area contributed by atoms with E-state index in [1.165, 1.54) is 16.4 Å². The molecule has 2 aliphatic rings. The van der Waals surface area contributed by atoms with E-state index in [1.807, 2.05) is 23.2 Å². The highest BCUT2D eigenvalue weighted by atomic mass is 32.2. The molecule has 2 aliphatic heterocycles. The molecular formula is C13H17NO2S2. The van der Waals surface area contributed by atoms with Crippen LogP contribution in [0.3, 0.4) is 0 Å². The molecular weight excluding hydrogens is 266 g/mol. The summed E-state index contributed by atoms with van der Waals surface area (Å²) in [7, 11) is 0. The van der Waals surface area contributed by atoms with E-state index >= 15 is 0 Å². The number of nitrogens with zero attached hydrogens (tertiary/aromatic N) is 1. The van der Waals surface area contributed by atoms with Crippen molar-refractivity contribution in [1.82, 2.24) is 4.90 Å². The van der Waals surface area contributed by atoms with Gasteiger partial charge in [0.25, 0.3) is 0 Å². The van der Waals surface area contributed by atoms with Crippen molar-refractivity contribution in [2.75, 3.05) is 18.1 Å². The molecule has 0 bridgehead atoms. The van der Waals surface area contributed by atoms with Crippen LogP contribution in [-0.2, 0) is 11.2 Å². The van der Waals surface area contributed by atoms with Gasteiger partial charge >= 0.3 is 5.97 Å². The highest BCUT2D eigenvalue weighted by Crippen LogP contribution is 2.37. The van der Waals surface area contributed by atoms with Gasteiger partial charge in [0.2, 0.25) is 0 Å². The van der Waals surface area contributed by atoms with E-state index in [1.54, 1.807) is 11.3 Å². The van der Waals surface area contributed by atoms with Crippen LogP contribution in [0.15, 0.2) is 11.4 Å². The maximum absolute atomic E-state index is 11.6. The number of hydrogen-bond donors (Lipinski definition) is 1. The number of rotatable bonds is 2. The summed E-state index contributed by atoms with van der Waals surface area (Å²) in [6.07, 6.45) is 3.28. The van der Waals surface area contributed by atoms with Gasteiger partial charge in [0, 0.05) is 17.5 Å². The van der Waals surface area contributed by atoms with Crippen LogP contribution in [0.2, 0.25) is 0 Å². The van der Waals surface area contributed by atoms with Crippen molar-refractivity contribution >= 4 is 29.1 Å². The normalized spacial score (nSPS) is 25.9. The highest BCUT2D eigenvalue weighted by Gasteiger charge is 2.37. The number of aliphatic carboxylic acids is 1. The van der Waals surface area contributed by atoms with Crippen LogP contribution in [0.25, 0.3) is 0 Å². The Morgan fingerprint density at radius 2 is 2.17 bits per heavy atom. The van der Waals surface area contributed by atoms with E-state index in [0.29, 0.717) is 6.04 Å². The van der Waals surface area contributed by atoms with E-state index in [-0.39, 0.29) is 0 Å². The highest BCUT2D eigenvalue weighted by molar-refractivity contribution is 7.99. The summed E-state index contributed by atoms with van der Waals surface area (Å²) in [5, 5.41) is 11.6. The molecule has 0 aliphatic carbocycles. The molecule has 5 heteroatoms. The summed E-state index contributed by atoms with van der Waals surface area (Å²) < 4.78 is 0. The summed E-state index contributed by atoms with van der Waals surface area (Å²) in [5.41, 5.74) is 1.04. The predicted octanol–water partition coefficient (Wildman–Crippen LogP) is 2.63. The van der Waals surface area contributed by atoms with Crippen molar-refractivity contribution in [3.63, 3.8) is 0 Å². The summed E-state index contributed by atoms with van der Waals surface area (Å²) in [5.74, 6) is 1.65. The molecule has 0 aromatic carbocycles. The lowest BCUT2D eigenvalue weighted by atomic mass is 9.96. The van der Waals surface area contributed by atoms with Crippen molar-refractivity contribution in [3.05, 3.63) is 21.9 Å². The zero-order valence-electron chi connectivity index (χ0n) is 10.2. The van der Waals surface area contributed by atoms with Gasteiger partial charge in [0.05, 0.1) is 0 Å². The summed E-state index contributed by atoms with van der Waals surface area (Å²) in [6, 6.07) is 2.05. The molecule has 1 unspecified atom stereocenters. The average Bonchev–Trinajstić information content (AvgIpc) is 2.86. The Balaban J connectivity index is 1.88. The molecule has 1 aromatic rings. The van der Waals surface area contributed by atoms with Crippen LogP contribution in [0.4, 0.5) is 0 Å². The lowest BCUT2D eigenvalue weighted by Crippen LogP contribution is -2.46. The topological polar surface area (TPSA) is 40.5 Å². The average molecular weight is 283 g/mol. The molecule has 18 heavy (non-hydrogen) atoms. The van der Waals surface area contributed by atoms with Gasteiger partial charge in [-0.25, -0.2) is 0 Å². The van der Waals surface area contributed by atoms with Crippen molar-refractivity contribution in [2.45, 2.75) is 31.3 Å². The van der Waals surface area contributed by atoms with Crippen molar-refractivity contribution < 1.29 is 9.90 Å². The van der Waals surface area contributed by atoms with Crippen LogP contribution in [-0.4, -0.2) is 40.1 Å². The fourth-order valence-corrected chi connectivity index (χ4v) is 5.01. The SMILES string of the molecule is O=C(O)C1c2ccsc2CCN1C1CCSCC1. The number of carbonyl (C=O) groups is 1. The van der Waals surface area contributed by atoms with Crippen LogP contribution >= 0.6 is 23.1 Å². The van der Waals surface area contributed by atoms with Crippen LogP contribution in [0, 0.1) is 0 Å². The first-order chi connectivity index (χ1) is 8.77. The van der Waals surface area contributed by atoms with Gasteiger partial charge in [-0.1, -0.05) is 0 Å². The molecule has 0 spiro atoms. The maximum Gasteiger partial charge on any atom is 0.325 e. The molecule has 3 nitrogen and oxygen atoms in total. The number of thiophene rings is 1. The molecule has 0 radical (unpaired) electrons. The minimum atomic E-state index is -0.687. The first-order valence-electron chi connectivity index (χ1n) is 6.40. The first-order valence-corrected chi connectivity index (χ1v) is 8.43. The van der Waals surface area contributed by atoms with Gasteiger partial charge in [-0.3, -0.25) is 9.69 Å². The number of hydrogen-bond acceptors (Lipinski definition) is 4. The van der Waals surface area contributed by atoms with Crippen LogP contribution in [0.5, 0.6) is 0 Å². The first kappa shape index (κ1) is 12.5. The third-order valence-corrected chi connectivity index (χ3v) is 5.94. The maximum atomic E-state index is 11.6. The number of fused-ring (bicyclic) bond motifs is 1. The Morgan fingerprint density at radius 3 is 2.89 bits per heavy atom. The van der Waals surface area contributed by atoms with E-state index < -0.39 is 12.0 Å². The van der Waals surface area contributed by atoms with E-state index in [4.69, 9.17) is 0 Å². The molecule has 1 atom stereocenters. The second-order valence-corrected chi connectivity index (χ2v) is 7.10. The Kier molecular flexibility index (Phi) is 3.63. The number of thioether (sulfide) groups is 1. The van der Waals surface area contributed by atoms with Crippen LogP contribution in [0.1, 0.15) is 29.3 Å². The molecule has 0 saturated carbocycles. The molecule has 1 N–H and O–H groups in total. The zero-order chi connectivity index (χ0) is 12.5. The van der Waals surface area contributed by atoms with Gasteiger partial charge in [0.1, 0.15) is 6.04 Å². The molecule has 1 aromatic heterocycles. The molecule has 3 heterocycles. The predicted molar refractivity (Wildman–Crippen MR) is 75.5 cm³/mol. The Labute approximate surface area is 115 Å². The number of carboxylic acid groups (broad SMARTS) is 1. The molecule has 1 fully saturated rings. The van der Waals surface area contributed by atoms with E-state index in [2.05, 4.69) is 4.90 Å². The minimum absolute atomic E-state index is 0.409. The van der Waals surface area contributed by atoms with E-state index in [9.17, 15) is 9.90 Å². The molecule has 0 amide bonds. The molecule has 3 rings (SSSR count). The van der Waals surface area contributed by atoms with Crippen molar-refractivity contribution in [1.29, 1.82) is 0 Å². The lowest BCUT2D eigenvalue weighted by Gasteiger charge is -2.40. The third-order valence-electron chi connectivity index (χ3n) is 3.90. The van der Waals surface area contributed by atoms with Gasteiger partial charge in [-0.15, -0.1) is 11.3 Å². The monoisotopic (exact) mass is 283 g/mol. The quantitative estimate of drug-likeness (QED) is 0.906. The van der Waals surface area contributed by atoms with E-state index in [0.717, 1.165) is 31.4 Å². The Bertz CT molecular complexity index is 440. The van der Waals surface area contributed by atoms with Crippen LogP contribution < -0.4 is 0 Å². The van der Waals surface area contributed by atoms with Gasteiger partial charge < -0.3 is 5.11 Å². The minimum Gasteiger partial charge on any atom is -0.480 e. The van der Waals surface area contributed by atoms with Crippen molar-refractivity contribution in [2.24, 2.45) is 0 Å². The molecule has 1 saturated heterocycles. The molecule has 98 valence electrons. The number of carboxylic acids is 1. The summed E-state index contributed by atoms with van der Waals surface area (Å²) in [6.45, 7) is 0.903. The largest absolute Gasteiger partial charge is 0.480 e. The second-order valence-electron chi connectivity index (χ2n) is 4.87. The smallest absolute Gasteiger partial charge is 0.325 e. The van der Waals surface area contributed by atoms with Crippen molar-refractivity contribution in [3.8, 4) is 0 Å². The second kappa shape index (κ2) is 5.23. The van der Waals surface area contributed by atoms with Gasteiger partial charge in [-0.2, -0.15) is 11.8 Å². The zero-order valence-corrected chi connectivity index (χ0v) is 11.8. The third kappa shape index (κ3) is 2.19. The van der Waals surface area contributed by atoms with Gasteiger partial charge in [0.15, 0.2) is 0 Å². The van der Waals surface area contributed by atoms with Gasteiger partial charge in [-0.05, 0) is 47.8 Å². The standard InChI is InChI=1S/C13H17NO2S2/c15-13(16)12-10-4-8-18-11(10)1-5-14(12)9-2-6-17-7-3-9/h4,8-9,12H,1-3,5-7H2,(H,15,16). The lowest BCUT2D eigenvalue weighted by molar-refractivity contribution is -0.145. The Hall–Kier alpha value is -0.520. The Morgan fingerprint density at radius 1 is 1.39 bits per heavy atom. The summed E-state index contributed by atoms with van der Waals surface area (Å²) >= 11 is 3.69.